The summed E-state index contributed by atoms with van der Waals surface area (Å²) in [6.07, 6.45) is 15.1. The van der Waals surface area contributed by atoms with Crippen molar-refractivity contribution in [1.29, 1.82) is 0 Å². The second kappa shape index (κ2) is 9.91. The highest BCUT2D eigenvalue weighted by Gasteiger charge is 2.31. The van der Waals surface area contributed by atoms with E-state index in [4.69, 9.17) is 0 Å². The Kier molecular flexibility index (Phi) is 8.09. The van der Waals surface area contributed by atoms with Crippen LogP contribution in [-0.2, 0) is 21.4 Å². The molecule has 0 amide bonds. The summed E-state index contributed by atoms with van der Waals surface area (Å²) in [6.45, 7) is 2.17. The minimum Gasteiger partial charge on any atom is -0.393 e. The first kappa shape index (κ1) is 17.1. The van der Waals surface area contributed by atoms with Gasteiger partial charge in [-0.3, -0.25) is 9.59 Å². The predicted molar refractivity (Wildman–Crippen MR) is 80.3 cm³/mol. The fraction of sp³-hybridized carbons (Fsp3) is 0.562. The first-order chi connectivity index (χ1) is 10.1. The van der Waals surface area contributed by atoms with Crippen LogP contribution in [0.4, 0.5) is 0 Å². The van der Waals surface area contributed by atoms with E-state index in [-0.39, 0.29) is 24.3 Å². The number of carbonyl (C=O) groups excluding carboxylic acids is 2. The molecule has 0 aromatic carbocycles. The van der Waals surface area contributed by atoms with Crippen LogP contribution >= 0.6 is 0 Å². The lowest BCUT2D eigenvalue weighted by molar-refractivity contribution is -0.153. The van der Waals surface area contributed by atoms with Crippen LogP contribution < -0.4 is 0 Å². The number of rotatable bonds is 6. The van der Waals surface area contributed by atoms with E-state index in [0.717, 1.165) is 6.42 Å². The van der Waals surface area contributed by atoms with Gasteiger partial charge in [0.1, 0.15) is 0 Å². The number of esters is 2. The fourth-order valence-corrected chi connectivity index (χ4v) is 1.92. The molecule has 1 fully saturated rings. The first-order valence-corrected chi connectivity index (χ1v) is 7.45. The number of aryl methyl sites for hydroxylation is 1. The number of allylic oxidation sites excluding steroid dienone is 2. The van der Waals surface area contributed by atoms with Gasteiger partial charge >= 0.3 is 11.9 Å². The van der Waals surface area contributed by atoms with Gasteiger partial charge in [0.05, 0.1) is 18.7 Å². The zero-order valence-electron chi connectivity index (χ0n) is 12.8. The third-order valence-electron chi connectivity index (χ3n) is 3.16. The van der Waals surface area contributed by atoms with E-state index < -0.39 is 0 Å². The number of cyclic esters (lactones) is 2. The third kappa shape index (κ3) is 7.44. The van der Waals surface area contributed by atoms with Gasteiger partial charge in [-0.25, -0.2) is 4.98 Å². The van der Waals surface area contributed by atoms with Crippen molar-refractivity contribution in [3.63, 3.8) is 0 Å². The summed E-state index contributed by atoms with van der Waals surface area (Å²) in [5.41, 5.74) is 0. The second-order valence-corrected chi connectivity index (χ2v) is 5.13. The number of ether oxygens (including phenoxy) is 1. The normalized spacial score (nSPS) is 17.7. The number of imidazole rings is 1. The molecule has 1 aromatic heterocycles. The Balaban J connectivity index is 0.000000304. The van der Waals surface area contributed by atoms with Gasteiger partial charge in [0.25, 0.3) is 0 Å². The summed E-state index contributed by atoms with van der Waals surface area (Å²) in [7, 11) is 1.94. The lowest BCUT2D eigenvalue weighted by atomic mass is 10.0. The molecule has 1 aliphatic heterocycles. The molecule has 5 heteroatoms. The van der Waals surface area contributed by atoms with Gasteiger partial charge in [-0.1, -0.05) is 31.9 Å². The zero-order chi connectivity index (χ0) is 15.5. The van der Waals surface area contributed by atoms with Crippen molar-refractivity contribution in [3.05, 3.63) is 30.9 Å². The van der Waals surface area contributed by atoms with Gasteiger partial charge in [-0.05, 0) is 19.3 Å². The molecule has 0 saturated carbocycles. The molecular formula is C16H24N2O3. The van der Waals surface area contributed by atoms with E-state index >= 15 is 0 Å². The molecule has 0 radical (unpaired) electrons. The Bertz CT molecular complexity index is 452. The molecule has 21 heavy (non-hydrogen) atoms. The number of hydrogen-bond acceptors (Lipinski definition) is 4. The van der Waals surface area contributed by atoms with Crippen molar-refractivity contribution >= 4 is 11.9 Å². The number of carbonyl (C=O) groups is 2. The van der Waals surface area contributed by atoms with E-state index in [0.29, 0.717) is 6.42 Å². The summed E-state index contributed by atoms with van der Waals surface area (Å²) in [5, 5.41) is 0. The van der Waals surface area contributed by atoms with Crippen LogP contribution in [0.1, 0.15) is 45.4 Å². The lowest BCUT2D eigenvalue weighted by Crippen LogP contribution is -2.05. The Hall–Kier alpha value is -1.91. The fourth-order valence-electron chi connectivity index (χ4n) is 1.92. The van der Waals surface area contributed by atoms with E-state index in [1.54, 1.807) is 12.5 Å². The summed E-state index contributed by atoms with van der Waals surface area (Å²) in [5.74, 6) is -0.984. The van der Waals surface area contributed by atoms with Crippen molar-refractivity contribution in [3.8, 4) is 0 Å². The maximum atomic E-state index is 11.1. The monoisotopic (exact) mass is 292 g/mol. The zero-order valence-corrected chi connectivity index (χ0v) is 12.8. The van der Waals surface area contributed by atoms with Gasteiger partial charge in [0.2, 0.25) is 0 Å². The average Bonchev–Trinajstić information content (AvgIpc) is 3.04. The van der Waals surface area contributed by atoms with E-state index in [9.17, 15) is 9.59 Å². The quantitative estimate of drug-likeness (QED) is 0.350. The minimum absolute atomic E-state index is 0.236. The van der Waals surface area contributed by atoms with Crippen molar-refractivity contribution in [2.45, 2.75) is 45.4 Å². The molecular weight excluding hydrogens is 268 g/mol. The Morgan fingerprint density at radius 1 is 1.38 bits per heavy atom. The van der Waals surface area contributed by atoms with Crippen LogP contribution in [0.3, 0.4) is 0 Å². The topological polar surface area (TPSA) is 61.2 Å². The largest absolute Gasteiger partial charge is 0.393 e. The van der Waals surface area contributed by atoms with Crippen molar-refractivity contribution in [2.24, 2.45) is 13.0 Å². The minimum atomic E-state index is -0.385. The van der Waals surface area contributed by atoms with Crippen LogP contribution in [0.15, 0.2) is 30.9 Å². The SMILES string of the molecule is CCCCC/C=C/CC1CC(=O)OC1=O.Cn1ccnc1. The molecule has 1 saturated heterocycles. The number of unbranched alkanes of at least 4 members (excludes halogenated alkanes) is 3. The highest BCUT2D eigenvalue weighted by Crippen LogP contribution is 2.19. The van der Waals surface area contributed by atoms with Gasteiger partial charge in [-0.15, -0.1) is 0 Å². The van der Waals surface area contributed by atoms with Crippen LogP contribution in [-0.4, -0.2) is 21.5 Å². The molecule has 1 aromatic rings. The maximum Gasteiger partial charge on any atom is 0.317 e. The lowest BCUT2D eigenvalue weighted by Gasteiger charge is -1.98. The van der Waals surface area contributed by atoms with Crippen molar-refractivity contribution in [1.82, 2.24) is 9.55 Å². The Labute approximate surface area is 126 Å². The van der Waals surface area contributed by atoms with Gasteiger partial charge in [-0.2, -0.15) is 0 Å². The molecule has 1 aliphatic rings. The van der Waals surface area contributed by atoms with E-state index in [1.807, 2.05) is 23.9 Å². The molecule has 116 valence electrons. The predicted octanol–water partition coefficient (Wildman–Crippen LogP) is 3.02. The van der Waals surface area contributed by atoms with Crippen molar-refractivity contribution < 1.29 is 14.3 Å². The Morgan fingerprint density at radius 2 is 2.19 bits per heavy atom. The molecule has 0 spiro atoms. The smallest absolute Gasteiger partial charge is 0.317 e. The molecule has 1 unspecified atom stereocenters. The van der Waals surface area contributed by atoms with Crippen LogP contribution in [0.2, 0.25) is 0 Å². The molecule has 0 bridgehead atoms. The highest BCUT2D eigenvalue weighted by molar-refractivity contribution is 5.94. The van der Waals surface area contributed by atoms with Gasteiger partial charge in [0, 0.05) is 19.4 Å². The molecule has 1 atom stereocenters. The summed E-state index contributed by atoms with van der Waals surface area (Å²) < 4.78 is 6.35. The average molecular weight is 292 g/mol. The third-order valence-corrected chi connectivity index (χ3v) is 3.16. The Morgan fingerprint density at radius 3 is 2.67 bits per heavy atom. The molecule has 0 N–H and O–H groups in total. The van der Waals surface area contributed by atoms with E-state index in [1.165, 1.54) is 19.3 Å². The summed E-state index contributed by atoms with van der Waals surface area (Å²) >= 11 is 0. The molecule has 2 rings (SSSR count). The van der Waals surface area contributed by atoms with Gasteiger partial charge < -0.3 is 9.30 Å². The molecule has 5 nitrogen and oxygen atoms in total. The van der Waals surface area contributed by atoms with Crippen LogP contribution in [0.25, 0.3) is 0 Å². The summed E-state index contributed by atoms with van der Waals surface area (Å²) in [4.78, 5) is 25.6. The molecule has 0 aliphatic carbocycles. The number of hydrogen-bond donors (Lipinski definition) is 0. The van der Waals surface area contributed by atoms with Crippen LogP contribution in [0.5, 0.6) is 0 Å². The van der Waals surface area contributed by atoms with Crippen molar-refractivity contribution in [2.75, 3.05) is 0 Å². The highest BCUT2D eigenvalue weighted by atomic mass is 16.6. The molecule has 2 heterocycles. The number of aromatic nitrogens is 2. The second-order valence-electron chi connectivity index (χ2n) is 5.13. The summed E-state index contributed by atoms with van der Waals surface area (Å²) in [6, 6.07) is 0. The van der Waals surface area contributed by atoms with E-state index in [2.05, 4.69) is 22.7 Å². The van der Waals surface area contributed by atoms with Gasteiger partial charge in [0.15, 0.2) is 0 Å². The number of nitrogens with zero attached hydrogens (tertiary/aromatic N) is 2. The maximum absolute atomic E-state index is 11.1. The van der Waals surface area contributed by atoms with Crippen LogP contribution in [0, 0.1) is 5.92 Å². The standard InChI is InChI=1S/C12H18O3.C4H6N2/c1-2-3-4-5-6-7-8-10-9-11(13)15-12(10)14;1-6-3-2-5-4-6/h6-7,10H,2-5,8-9H2,1H3;2-4H,1H3/b7-6+;. The first-order valence-electron chi connectivity index (χ1n) is 7.45.